The minimum atomic E-state index is -3.59. The number of carbonyl (C=O) groups is 1. The van der Waals surface area contributed by atoms with Crippen LogP contribution in [0.5, 0.6) is 0 Å². The van der Waals surface area contributed by atoms with Crippen LogP contribution in [-0.2, 0) is 22.0 Å². The third-order valence-electron chi connectivity index (χ3n) is 4.10. The molecular formula is C20H26N2O3S. The maximum Gasteiger partial charge on any atom is 0.253 e. The van der Waals surface area contributed by atoms with E-state index in [2.05, 4.69) is 25.5 Å². The molecule has 0 bridgehead atoms. The first-order chi connectivity index (χ1) is 12.0. The Morgan fingerprint density at radius 2 is 1.50 bits per heavy atom. The number of benzene rings is 2. The summed E-state index contributed by atoms with van der Waals surface area (Å²) in [6, 6.07) is 13.8. The zero-order valence-corrected chi connectivity index (χ0v) is 16.7. The number of rotatable bonds is 5. The van der Waals surface area contributed by atoms with Crippen molar-refractivity contribution in [3.05, 3.63) is 65.2 Å². The average Bonchev–Trinajstić information content (AvgIpc) is 2.59. The van der Waals surface area contributed by atoms with Crippen molar-refractivity contribution in [2.45, 2.75) is 37.6 Å². The first-order valence-electron chi connectivity index (χ1n) is 8.41. The lowest BCUT2D eigenvalue weighted by atomic mass is 9.87. The topological polar surface area (TPSA) is 66.5 Å². The summed E-state index contributed by atoms with van der Waals surface area (Å²) in [4.78, 5) is 13.6. The maximum absolute atomic E-state index is 12.5. The van der Waals surface area contributed by atoms with E-state index in [1.54, 1.807) is 50.5 Å². The van der Waals surface area contributed by atoms with E-state index in [1.807, 2.05) is 12.1 Å². The zero-order chi connectivity index (χ0) is 19.5. The number of hydrogen-bond acceptors (Lipinski definition) is 3. The molecule has 0 unspecified atom stereocenters. The van der Waals surface area contributed by atoms with Crippen LogP contribution in [0.1, 0.15) is 42.3 Å². The minimum absolute atomic E-state index is 0.0263. The van der Waals surface area contributed by atoms with Crippen molar-refractivity contribution in [1.82, 2.24) is 9.62 Å². The largest absolute Gasteiger partial charge is 0.345 e. The molecule has 0 spiro atoms. The van der Waals surface area contributed by atoms with Gasteiger partial charge < -0.3 is 4.90 Å². The van der Waals surface area contributed by atoms with Crippen molar-refractivity contribution in [3.63, 3.8) is 0 Å². The van der Waals surface area contributed by atoms with Crippen molar-refractivity contribution in [3.8, 4) is 0 Å². The average molecular weight is 375 g/mol. The number of sulfonamides is 1. The van der Waals surface area contributed by atoms with Crippen LogP contribution in [0.4, 0.5) is 0 Å². The number of nitrogens with zero attached hydrogens (tertiary/aromatic N) is 1. The number of hydrogen-bond donors (Lipinski definition) is 1. The van der Waals surface area contributed by atoms with Gasteiger partial charge in [-0.15, -0.1) is 0 Å². The van der Waals surface area contributed by atoms with Crippen molar-refractivity contribution in [1.29, 1.82) is 0 Å². The number of nitrogens with one attached hydrogen (secondary N) is 1. The molecule has 0 fully saturated rings. The van der Waals surface area contributed by atoms with E-state index < -0.39 is 10.0 Å². The molecule has 26 heavy (non-hydrogen) atoms. The lowest BCUT2D eigenvalue weighted by molar-refractivity contribution is 0.0827. The highest BCUT2D eigenvalue weighted by Crippen LogP contribution is 2.23. The van der Waals surface area contributed by atoms with Crippen LogP contribution in [0.15, 0.2) is 53.4 Å². The van der Waals surface area contributed by atoms with Gasteiger partial charge in [0.15, 0.2) is 0 Å². The molecule has 0 heterocycles. The molecule has 0 aliphatic rings. The molecule has 140 valence electrons. The lowest BCUT2D eigenvalue weighted by Gasteiger charge is -2.19. The van der Waals surface area contributed by atoms with Gasteiger partial charge in [-0.3, -0.25) is 4.79 Å². The predicted octanol–water partition coefficient (Wildman–Crippen LogP) is 3.16. The minimum Gasteiger partial charge on any atom is -0.345 e. The Hall–Kier alpha value is -2.18. The molecular weight excluding hydrogens is 348 g/mol. The van der Waals surface area contributed by atoms with Gasteiger partial charge in [0.25, 0.3) is 5.91 Å². The SMILES string of the molecule is CN(C)C(=O)c1ccc(CNS(=O)(=O)c2ccc(C(C)(C)C)cc2)cc1. The van der Waals surface area contributed by atoms with Gasteiger partial charge in [-0.25, -0.2) is 13.1 Å². The second kappa shape index (κ2) is 7.60. The highest BCUT2D eigenvalue weighted by molar-refractivity contribution is 7.89. The van der Waals surface area contributed by atoms with E-state index in [1.165, 1.54) is 4.90 Å². The molecule has 0 atom stereocenters. The van der Waals surface area contributed by atoms with E-state index in [9.17, 15) is 13.2 Å². The molecule has 0 aliphatic carbocycles. The van der Waals surface area contributed by atoms with Gasteiger partial charge in [0.1, 0.15) is 0 Å². The Balaban J connectivity index is 2.07. The highest BCUT2D eigenvalue weighted by Gasteiger charge is 2.17. The molecule has 5 nitrogen and oxygen atoms in total. The Morgan fingerprint density at radius 1 is 0.962 bits per heavy atom. The van der Waals surface area contributed by atoms with Crippen LogP contribution in [-0.4, -0.2) is 33.3 Å². The van der Waals surface area contributed by atoms with Crippen molar-refractivity contribution in [2.24, 2.45) is 0 Å². The van der Waals surface area contributed by atoms with Crippen molar-refractivity contribution >= 4 is 15.9 Å². The lowest BCUT2D eigenvalue weighted by Crippen LogP contribution is -2.24. The normalized spacial score (nSPS) is 12.0. The molecule has 2 rings (SSSR count). The van der Waals surface area contributed by atoms with Crippen LogP contribution in [0.25, 0.3) is 0 Å². The van der Waals surface area contributed by atoms with Gasteiger partial charge in [-0.05, 0) is 40.8 Å². The highest BCUT2D eigenvalue weighted by atomic mass is 32.2. The van der Waals surface area contributed by atoms with Gasteiger partial charge in [0, 0.05) is 26.2 Å². The predicted molar refractivity (Wildman–Crippen MR) is 104 cm³/mol. The standard InChI is InChI=1S/C20H26N2O3S/c1-20(2,3)17-10-12-18(13-11-17)26(24,25)21-14-15-6-8-16(9-7-15)19(23)22(4)5/h6-13,21H,14H2,1-5H3. The third-order valence-corrected chi connectivity index (χ3v) is 5.52. The van der Waals surface area contributed by atoms with Crippen LogP contribution < -0.4 is 4.72 Å². The summed E-state index contributed by atoms with van der Waals surface area (Å²) in [6.07, 6.45) is 0. The molecule has 6 heteroatoms. The number of carbonyl (C=O) groups excluding carboxylic acids is 1. The summed E-state index contributed by atoms with van der Waals surface area (Å²) >= 11 is 0. The summed E-state index contributed by atoms with van der Waals surface area (Å²) in [5.41, 5.74) is 2.41. The molecule has 0 aliphatic heterocycles. The monoisotopic (exact) mass is 374 g/mol. The molecule has 1 N–H and O–H groups in total. The summed E-state index contributed by atoms with van der Waals surface area (Å²) < 4.78 is 27.5. The molecule has 2 aromatic rings. The first-order valence-corrected chi connectivity index (χ1v) is 9.90. The van der Waals surface area contributed by atoms with E-state index in [-0.39, 0.29) is 22.8 Å². The molecule has 0 saturated heterocycles. The third kappa shape index (κ3) is 4.93. The van der Waals surface area contributed by atoms with E-state index in [4.69, 9.17) is 0 Å². The van der Waals surface area contributed by atoms with Crippen LogP contribution in [0.3, 0.4) is 0 Å². The Labute approximate surface area is 156 Å². The molecule has 1 amide bonds. The van der Waals surface area contributed by atoms with E-state index in [0.717, 1.165) is 11.1 Å². The second-order valence-electron chi connectivity index (χ2n) is 7.50. The summed E-state index contributed by atoms with van der Waals surface area (Å²) in [5, 5.41) is 0. The molecule has 0 radical (unpaired) electrons. The van der Waals surface area contributed by atoms with Gasteiger partial charge in [0.2, 0.25) is 10.0 Å². The zero-order valence-electron chi connectivity index (χ0n) is 15.9. The second-order valence-corrected chi connectivity index (χ2v) is 9.26. The van der Waals surface area contributed by atoms with Gasteiger partial charge in [-0.2, -0.15) is 0 Å². The molecule has 0 saturated carbocycles. The van der Waals surface area contributed by atoms with Gasteiger partial charge >= 0.3 is 0 Å². The maximum atomic E-state index is 12.5. The van der Waals surface area contributed by atoms with Crippen LogP contribution >= 0.6 is 0 Å². The fraction of sp³-hybridized carbons (Fsp3) is 0.350. The smallest absolute Gasteiger partial charge is 0.253 e. The van der Waals surface area contributed by atoms with E-state index in [0.29, 0.717) is 5.56 Å². The summed E-state index contributed by atoms with van der Waals surface area (Å²) in [5.74, 6) is -0.0870. The summed E-state index contributed by atoms with van der Waals surface area (Å²) in [7, 11) is -0.206. The quantitative estimate of drug-likeness (QED) is 0.874. The molecule has 2 aromatic carbocycles. The molecule has 0 aromatic heterocycles. The Kier molecular flexibility index (Phi) is 5.88. The van der Waals surface area contributed by atoms with Crippen LogP contribution in [0, 0.1) is 0 Å². The number of amides is 1. The van der Waals surface area contributed by atoms with Crippen molar-refractivity contribution < 1.29 is 13.2 Å². The Bertz CT molecular complexity index is 863. The van der Waals surface area contributed by atoms with E-state index >= 15 is 0 Å². The first kappa shape index (κ1) is 20.1. The van der Waals surface area contributed by atoms with Crippen LogP contribution in [0.2, 0.25) is 0 Å². The fourth-order valence-electron chi connectivity index (χ4n) is 2.42. The Morgan fingerprint density at radius 3 is 1.96 bits per heavy atom. The summed E-state index contributed by atoms with van der Waals surface area (Å²) in [6.45, 7) is 6.41. The fourth-order valence-corrected chi connectivity index (χ4v) is 3.44. The van der Waals surface area contributed by atoms with Gasteiger partial charge in [0.05, 0.1) is 4.90 Å². The van der Waals surface area contributed by atoms with Gasteiger partial charge in [-0.1, -0.05) is 45.0 Å². The van der Waals surface area contributed by atoms with Crippen molar-refractivity contribution in [2.75, 3.05) is 14.1 Å².